The van der Waals surface area contributed by atoms with E-state index in [-0.39, 0.29) is 6.61 Å². The number of benzene rings is 1. The van der Waals surface area contributed by atoms with E-state index in [2.05, 4.69) is 33.0 Å². The van der Waals surface area contributed by atoms with Gasteiger partial charge in [-0.3, -0.25) is 4.90 Å². The molecule has 0 aliphatic carbocycles. The van der Waals surface area contributed by atoms with Crippen LogP contribution in [-0.2, 0) is 11.3 Å². The van der Waals surface area contributed by atoms with Crippen LogP contribution >= 0.6 is 15.9 Å². The topological polar surface area (TPSA) is 32.7 Å². The number of aliphatic hydroxyl groups is 1. The molecule has 1 N–H and O–H groups in total. The second-order valence-corrected chi connectivity index (χ2v) is 4.53. The highest BCUT2D eigenvalue weighted by Gasteiger charge is 2.04. The van der Waals surface area contributed by atoms with Crippen molar-refractivity contribution < 1.29 is 9.84 Å². The van der Waals surface area contributed by atoms with Crippen molar-refractivity contribution in [3.63, 3.8) is 0 Å². The molecule has 0 aliphatic rings. The summed E-state index contributed by atoms with van der Waals surface area (Å²) in [6.07, 6.45) is 0. The van der Waals surface area contributed by atoms with Gasteiger partial charge < -0.3 is 9.84 Å². The monoisotopic (exact) mass is 287 g/mol. The highest BCUT2D eigenvalue weighted by atomic mass is 79.9. The van der Waals surface area contributed by atoms with Gasteiger partial charge in [0.1, 0.15) is 0 Å². The first kappa shape index (κ1) is 13.6. The zero-order valence-corrected chi connectivity index (χ0v) is 11.1. The third-order valence-electron chi connectivity index (χ3n) is 2.35. The molecule has 0 aliphatic heterocycles. The quantitative estimate of drug-likeness (QED) is 0.831. The fourth-order valence-electron chi connectivity index (χ4n) is 1.48. The highest BCUT2D eigenvalue weighted by Crippen LogP contribution is 2.12. The molecule has 1 aromatic carbocycles. The number of ether oxygens (including phenoxy) is 1. The number of hydrogen-bond acceptors (Lipinski definition) is 3. The number of hydrogen-bond donors (Lipinski definition) is 1. The lowest BCUT2D eigenvalue weighted by Crippen LogP contribution is -2.29. The standard InChI is InChI=1S/C12H18BrNO2/c1-16-9-7-14(6-8-15)10-11-2-4-12(13)5-3-11/h2-5,15H,6-10H2,1H3. The third kappa shape index (κ3) is 5.07. The first-order chi connectivity index (χ1) is 7.76. The number of nitrogens with zero attached hydrogens (tertiary/aromatic N) is 1. The van der Waals surface area contributed by atoms with Crippen molar-refractivity contribution in [1.29, 1.82) is 0 Å². The fraction of sp³-hybridized carbons (Fsp3) is 0.500. The Morgan fingerprint density at radius 3 is 2.50 bits per heavy atom. The lowest BCUT2D eigenvalue weighted by atomic mass is 10.2. The summed E-state index contributed by atoms with van der Waals surface area (Å²) >= 11 is 3.41. The van der Waals surface area contributed by atoms with E-state index >= 15 is 0 Å². The van der Waals surface area contributed by atoms with E-state index in [9.17, 15) is 0 Å². The number of methoxy groups -OCH3 is 1. The van der Waals surface area contributed by atoms with Crippen LogP contribution in [0.1, 0.15) is 5.56 Å². The third-order valence-corrected chi connectivity index (χ3v) is 2.88. The molecule has 0 fully saturated rings. The average molecular weight is 288 g/mol. The molecule has 0 saturated carbocycles. The van der Waals surface area contributed by atoms with Gasteiger partial charge in [-0.05, 0) is 17.7 Å². The second-order valence-electron chi connectivity index (χ2n) is 3.62. The van der Waals surface area contributed by atoms with E-state index in [0.29, 0.717) is 13.2 Å². The van der Waals surface area contributed by atoms with Crippen molar-refractivity contribution >= 4 is 15.9 Å². The zero-order valence-electron chi connectivity index (χ0n) is 9.53. The minimum absolute atomic E-state index is 0.181. The predicted octanol–water partition coefficient (Wildman–Crippen LogP) is 1.89. The van der Waals surface area contributed by atoms with Crippen LogP contribution in [0.3, 0.4) is 0 Å². The van der Waals surface area contributed by atoms with Crippen LogP contribution in [0.2, 0.25) is 0 Å². The maximum atomic E-state index is 8.97. The van der Waals surface area contributed by atoms with Gasteiger partial charge in [0.05, 0.1) is 13.2 Å². The molecule has 1 rings (SSSR count). The molecule has 3 nitrogen and oxygen atoms in total. The summed E-state index contributed by atoms with van der Waals surface area (Å²) < 4.78 is 6.13. The molecule has 0 unspecified atom stereocenters. The minimum Gasteiger partial charge on any atom is -0.395 e. The van der Waals surface area contributed by atoms with Gasteiger partial charge in [-0.15, -0.1) is 0 Å². The van der Waals surface area contributed by atoms with Crippen molar-refractivity contribution in [2.45, 2.75) is 6.54 Å². The van der Waals surface area contributed by atoms with Crippen LogP contribution in [0.25, 0.3) is 0 Å². The lowest BCUT2D eigenvalue weighted by molar-refractivity contribution is 0.127. The molecule has 0 saturated heterocycles. The Morgan fingerprint density at radius 2 is 1.94 bits per heavy atom. The van der Waals surface area contributed by atoms with E-state index in [4.69, 9.17) is 9.84 Å². The van der Waals surface area contributed by atoms with Crippen LogP contribution in [0, 0.1) is 0 Å². The Labute approximate surface area is 105 Å². The molecular weight excluding hydrogens is 270 g/mol. The molecule has 0 aromatic heterocycles. The summed E-state index contributed by atoms with van der Waals surface area (Å²) in [5, 5.41) is 8.97. The van der Waals surface area contributed by atoms with Crippen molar-refractivity contribution in [2.75, 3.05) is 33.4 Å². The minimum atomic E-state index is 0.181. The van der Waals surface area contributed by atoms with Gasteiger partial charge in [-0.25, -0.2) is 0 Å². The molecule has 16 heavy (non-hydrogen) atoms. The second kappa shape index (κ2) is 7.79. The van der Waals surface area contributed by atoms with E-state index in [0.717, 1.165) is 17.6 Å². The van der Waals surface area contributed by atoms with Gasteiger partial charge in [0, 0.05) is 31.2 Å². The average Bonchev–Trinajstić information content (AvgIpc) is 2.29. The van der Waals surface area contributed by atoms with Gasteiger partial charge >= 0.3 is 0 Å². The summed E-state index contributed by atoms with van der Waals surface area (Å²) in [5.74, 6) is 0. The lowest BCUT2D eigenvalue weighted by Gasteiger charge is -2.20. The summed E-state index contributed by atoms with van der Waals surface area (Å²) in [6, 6.07) is 8.23. The van der Waals surface area contributed by atoms with Crippen molar-refractivity contribution in [2.24, 2.45) is 0 Å². The fourth-order valence-corrected chi connectivity index (χ4v) is 1.74. The first-order valence-electron chi connectivity index (χ1n) is 5.33. The molecule has 0 atom stereocenters. The number of halogens is 1. The van der Waals surface area contributed by atoms with E-state index in [1.54, 1.807) is 7.11 Å². The summed E-state index contributed by atoms with van der Waals surface area (Å²) in [4.78, 5) is 2.17. The van der Waals surface area contributed by atoms with Gasteiger partial charge in [0.2, 0.25) is 0 Å². The first-order valence-corrected chi connectivity index (χ1v) is 6.12. The molecular formula is C12H18BrNO2. The summed E-state index contributed by atoms with van der Waals surface area (Å²) in [5.41, 5.74) is 1.24. The maximum absolute atomic E-state index is 8.97. The number of aliphatic hydroxyl groups excluding tert-OH is 1. The van der Waals surface area contributed by atoms with Crippen LogP contribution in [0.4, 0.5) is 0 Å². The molecule has 0 amide bonds. The molecule has 1 aromatic rings. The Kier molecular flexibility index (Phi) is 6.64. The van der Waals surface area contributed by atoms with Crippen LogP contribution in [0.15, 0.2) is 28.7 Å². The Balaban J connectivity index is 2.49. The Morgan fingerprint density at radius 1 is 1.25 bits per heavy atom. The van der Waals surface area contributed by atoms with Crippen molar-refractivity contribution in [3.05, 3.63) is 34.3 Å². The Hall–Kier alpha value is -0.420. The largest absolute Gasteiger partial charge is 0.395 e. The molecule has 0 spiro atoms. The van der Waals surface area contributed by atoms with Crippen molar-refractivity contribution in [3.8, 4) is 0 Å². The molecule has 4 heteroatoms. The van der Waals surface area contributed by atoms with Crippen LogP contribution < -0.4 is 0 Å². The van der Waals surface area contributed by atoms with E-state index in [1.807, 2.05) is 12.1 Å². The van der Waals surface area contributed by atoms with Gasteiger partial charge in [0.25, 0.3) is 0 Å². The molecule has 90 valence electrons. The normalized spacial score (nSPS) is 11.0. The highest BCUT2D eigenvalue weighted by molar-refractivity contribution is 9.10. The smallest absolute Gasteiger partial charge is 0.0589 e. The van der Waals surface area contributed by atoms with Gasteiger partial charge in [-0.2, -0.15) is 0 Å². The molecule has 0 radical (unpaired) electrons. The number of rotatable bonds is 7. The van der Waals surface area contributed by atoms with E-state index in [1.165, 1.54) is 5.56 Å². The van der Waals surface area contributed by atoms with Gasteiger partial charge in [-0.1, -0.05) is 28.1 Å². The van der Waals surface area contributed by atoms with Gasteiger partial charge in [0.15, 0.2) is 0 Å². The zero-order chi connectivity index (χ0) is 11.8. The van der Waals surface area contributed by atoms with Crippen molar-refractivity contribution in [1.82, 2.24) is 4.90 Å². The SMILES string of the molecule is COCCN(CCO)Cc1ccc(Br)cc1. The van der Waals surface area contributed by atoms with E-state index < -0.39 is 0 Å². The van der Waals surface area contributed by atoms with Crippen LogP contribution in [0.5, 0.6) is 0 Å². The van der Waals surface area contributed by atoms with Crippen LogP contribution in [-0.4, -0.2) is 43.4 Å². The Bertz CT molecular complexity index is 290. The maximum Gasteiger partial charge on any atom is 0.0589 e. The predicted molar refractivity (Wildman–Crippen MR) is 68.4 cm³/mol. The summed E-state index contributed by atoms with van der Waals surface area (Å²) in [7, 11) is 1.69. The molecule has 0 bridgehead atoms. The summed E-state index contributed by atoms with van der Waals surface area (Å²) in [6.45, 7) is 3.24. The molecule has 0 heterocycles.